The van der Waals surface area contributed by atoms with Gasteiger partial charge < -0.3 is 10.3 Å². The molecule has 0 fully saturated rings. The Morgan fingerprint density at radius 2 is 1.76 bits per heavy atom. The highest BCUT2D eigenvalue weighted by Crippen LogP contribution is 2.11. The lowest BCUT2D eigenvalue weighted by molar-refractivity contribution is 0.728. The molecular formula is C14H16N2O. The third-order valence-electron chi connectivity index (χ3n) is 2.85. The third kappa shape index (κ3) is 2.56. The first-order valence-corrected chi connectivity index (χ1v) is 5.59. The van der Waals surface area contributed by atoms with Gasteiger partial charge in [-0.05, 0) is 31.5 Å². The van der Waals surface area contributed by atoms with Crippen LogP contribution in [0.25, 0.3) is 0 Å². The second-order valence-electron chi connectivity index (χ2n) is 4.30. The van der Waals surface area contributed by atoms with E-state index in [1.165, 1.54) is 0 Å². The van der Waals surface area contributed by atoms with E-state index >= 15 is 0 Å². The maximum absolute atomic E-state index is 11.3. The van der Waals surface area contributed by atoms with Crippen LogP contribution in [0.2, 0.25) is 0 Å². The Kier molecular flexibility index (Phi) is 3.00. The van der Waals surface area contributed by atoms with Crippen molar-refractivity contribution in [2.75, 3.05) is 5.73 Å². The standard InChI is InChI=1S/C14H16N2O/c1-10-6-14(17)7-11(2)16(10)9-12-4-3-5-13(15)8-12/h3-8H,9,15H2,1-2H3. The van der Waals surface area contributed by atoms with Crippen molar-refractivity contribution >= 4 is 5.69 Å². The molecule has 0 bridgehead atoms. The molecule has 3 nitrogen and oxygen atoms in total. The molecule has 3 heteroatoms. The number of benzene rings is 1. The van der Waals surface area contributed by atoms with Crippen molar-refractivity contribution in [3.8, 4) is 0 Å². The summed E-state index contributed by atoms with van der Waals surface area (Å²) in [6, 6.07) is 11.1. The van der Waals surface area contributed by atoms with Crippen molar-refractivity contribution in [1.82, 2.24) is 4.57 Å². The SMILES string of the molecule is Cc1cc(=O)cc(C)n1Cc1cccc(N)c1. The molecule has 0 saturated heterocycles. The molecule has 17 heavy (non-hydrogen) atoms. The van der Waals surface area contributed by atoms with E-state index in [0.717, 1.165) is 29.2 Å². The Morgan fingerprint density at radius 1 is 1.12 bits per heavy atom. The van der Waals surface area contributed by atoms with Gasteiger partial charge in [0.15, 0.2) is 5.43 Å². The molecule has 0 saturated carbocycles. The minimum Gasteiger partial charge on any atom is -0.399 e. The largest absolute Gasteiger partial charge is 0.399 e. The fourth-order valence-corrected chi connectivity index (χ4v) is 2.01. The zero-order chi connectivity index (χ0) is 12.4. The molecule has 2 aromatic rings. The maximum Gasteiger partial charge on any atom is 0.182 e. The van der Waals surface area contributed by atoms with Crippen molar-refractivity contribution in [3.63, 3.8) is 0 Å². The van der Waals surface area contributed by atoms with Gasteiger partial charge in [-0.15, -0.1) is 0 Å². The lowest BCUT2D eigenvalue weighted by Crippen LogP contribution is -2.13. The number of aromatic nitrogens is 1. The molecule has 0 atom stereocenters. The van der Waals surface area contributed by atoms with Crippen molar-refractivity contribution in [1.29, 1.82) is 0 Å². The first kappa shape index (κ1) is 11.5. The van der Waals surface area contributed by atoms with Crippen molar-refractivity contribution < 1.29 is 0 Å². The molecular weight excluding hydrogens is 212 g/mol. The van der Waals surface area contributed by atoms with Crippen molar-refractivity contribution in [3.05, 3.63) is 63.6 Å². The number of rotatable bonds is 2. The Bertz CT molecular complexity index is 573. The summed E-state index contributed by atoms with van der Waals surface area (Å²) >= 11 is 0. The summed E-state index contributed by atoms with van der Waals surface area (Å²) in [4.78, 5) is 11.3. The van der Waals surface area contributed by atoms with E-state index in [-0.39, 0.29) is 5.43 Å². The molecule has 2 rings (SSSR count). The van der Waals surface area contributed by atoms with Crippen LogP contribution in [-0.2, 0) is 6.54 Å². The number of anilines is 1. The van der Waals surface area contributed by atoms with Crippen LogP contribution in [0, 0.1) is 13.8 Å². The van der Waals surface area contributed by atoms with Crippen LogP contribution in [0.15, 0.2) is 41.2 Å². The zero-order valence-corrected chi connectivity index (χ0v) is 10.1. The Hall–Kier alpha value is -2.03. The summed E-state index contributed by atoms with van der Waals surface area (Å²) < 4.78 is 2.11. The smallest absolute Gasteiger partial charge is 0.182 e. The van der Waals surface area contributed by atoms with E-state index < -0.39 is 0 Å². The van der Waals surface area contributed by atoms with E-state index in [1.807, 2.05) is 38.1 Å². The highest BCUT2D eigenvalue weighted by Gasteiger charge is 2.02. The lowest BCUT2D eigenvalue weighted by Gasteiger charge is -2.14. The van der Waals surface area contributed by atoms with E-state index in [9.17, 15) is 4.79 Å². The van der Waals surface area contributed by atoms with Crippen LogP contribution in [0.1, 0.15) is 17.0 Å². The Labute approximate surface area is 101 Å². The molecule has 0 amide bonds. The van der Waals surface area contributed by atoms with Gasteiger partial charge in [-0.25, -0.2) is 0 Å². The average Bonchev–Trinajstić information content (AvgIpc) is 2.23. The molecule has 1 aromatic carbocycles. The summed E-state index contributed by atoms with van der Waals surface area (Å²) in [6.07, 6.45) is 0. The molecule has 1 heterocycles. The number of aryl methyl sites for hydroxylation is 2. The van der Waals surface area contributed by atoms with Gasteiger partial charge in [-0.3, -0.25) is 4.79 Å². The lowest BCUT2D eigenvalue weighted by atomic mass is 10.2. The first-order valence-electron chi connectivity index (χ1n) is 5.59. The van der Waals surface area contributed by atoms with Crippen molar-refractivity contribution in [2.45, 2.75) is 20.4 Å². The van der Waals surface area contributed by atoms with E-state index in [1.54, 1.807) is 12.1 Å². The molecule has 0 unspecified atom stereocenters. The van der Waals surface area contributed by atoms with Gasteiger partial charge in [0.2, 0.25) is 0 Å². The molecule has 2 N–H and O–H groups in total. The molecule has 0 aliphatic heterocycles. The monoisotopic (exact) mass is 228 g/mol. The number of nitrogens with zero attached hydrogens (tertiary/aromatic N) is 1. The van der Waals surface area contributed by atoms with E-state index in [2.05, 4.69) is 4.57 Å². The van der Waals surface area contributed by atoms with E-state index in [4.69, 9.17) is 5.73 Å². The fourth-order valence-electron chi connectivity index (χ4n) is 2.01. The number of hydrogen-bond donors (Lipinski definition) is 1. The van der Waals surface area contributed by atoms with Gasteiger partial charge >= 0.3 is 0 Å². The van der Waals surface area contributed by atoms with Crippen LogP contribution in [0.5, 0.6) is 0 Å². The second-order valence-corrected chi connectivity index (χ2v) is 4.30. The Balaban J connectivity index is 2.40. The average molecular weight is 228 g/mol. The third-order valence-corrected chi connectivity index (χ3v) is 2.85. The first-order chi connectivity index (χ1) is 8.06. The molecule has 0 aliphatic carbocycles. The number of hydrogen-bond acceptors (Lipinski definition) is 2. The second kappa shape index (κ2) is 4.45. The molecule has 0 spiro atoms. The van der Waals surface area contributed by atoms with Crippen LogP contribution in [-0.4, -0.2) is 4.57 Å². The zero-order valence-electron chi connectivity index (χ0n) is 10.1. The van der Waals surface area contributed by atoms with Gasteiger partial charge in [0, 0.05) is 35.8 Å². The molecule has 1 aromatic heterocycles. The van der Waals surface area contributed by atoms with Gasteiger partial charge in [0.05, 0.1) is 0 Å². The molecule has 0 aliphatic rings. The number of nitrogen functional groups attached to an aromatic ring is 1. The van der Waals surface area contributed by atoms with Gasteiger partial charge in [0.25, 0.3) is 0 Å². The summed E-state index contributed by atoms with van der Waals surface area (Å²) in [5, 5.41) is 0. The van der Waals surface area contributed by atoms with Crippen LogP contribution < -0.4 is 11.2 Å². The van der Waals surface area contributed by atoms with E-state index in [0.29, 0.717) is 0 Å². The van der Waals surface area contributed by atoms with Gasteiger partial charge in [0.1, 0.15) is 0 Å². The summed E-state index contributed by atoms with van der Waals surface area (Å²) in [7, 11) is 0. The Morgan fingerprint density at radius 3 is 2.35 bits per heavy atom. The summed E-state index contributed by atoms with van der Waals surface area (Å²) in [5.41, 5.74) is 9.65. The summed E-state index contributed by atoms with van der Waals surface area (Å²) in [6.45, 7) is 4.63. The summed E-state index contributed by atoms with van der Waals surface area (Å²) in [5.74, 6) is 0. The number of nitrogens with two attached hydrogens (primary N) is 1. The molecule has 0 radical (unpaired) electrons. The normalized spacial score (nSPS) is 10.5. The van der Waals surface area contributed by atoms with Gasteiger partial charge in [-0.2, -0.15) is 0 Å². The van der Waals surface area contributed by atoms with Crippen molar-refractivity contribution in [2.24, 2.45) is 0 Å². The van der Waals surface area contributed by atoms with Crippen LogP contribution >= 0.6 is 0 Å². The maximum atomic E-state index is 11.3. The van der Waals surface area contributed by atoms with Crippen LogP contribution in [0.3, 0.4) is 0 Å². The predicted octanol–water partition coefficient (Wildman–Crippen LogP) is 2.10. The minimum atomic E-state index is 0.0591. The molecule has 88 valence electrons. The topological polar surface area (TPSA) is 48.0 Å². The number of pyridine rings is 1. The predicted molar refractivity (Wildman–Crippen MR) is 70.1 cm³/mol. The highest BCUT2D eigenvalue weighted by molar-refractivity contribution is 5.40. The highest BCUT2D eigenvalue weighted by atomic mass is 16.1. The minimum absolute atomic E-state index is 0.0591. The fraction of sp³-hybridized carbons (Fsp3) is 0.214. The van der Waals surface area contributed by atoms with Crippen LogP contribution in [0.4, 0.5) is 5.69 Å². The van der Waals surface area contributed by atoms with Gasteiger partial charge in [-0.1, -0.05) is 12.1 Å². The quantitative estimate of drug-likeness (QED) is 0.800.